The highest BCUT2D eigenvalue weighted by Crippen LogP contribution is 2.59. The maximum atomic E-state index is 12.2. The van der Waals surface area contributed by atoms with Gasteiger partial charge in [-0.15, -0.1) is 34.0 Å². The molecule has 0 spiro atoms. The van der Waals surface area contributed by atoms with Gasteiger partial charge in [-0.3, -0.25) is 0 Å². The minimum atomic E-state index is -1.19. The summed E-state index contributed by atoms with van der Waals surface area (Å²) in [7, 11) is 0. The molecule has 87 heavy (non-hydrogen) atoms. The highest BCUT2D eigenvalue weighted by atomic mass is 32.1. The largest absolute Gasteiger partial charge is 0.494 e. The van der Waals surface area contributed by atoms with Crippen LogP contribution in [0.3, 0.4) is 0 Å². The van der Waals surface area contributed by atoms with Crippen molar-refractivity contribution in [3.63, 3.8) is 0 Å². The van der Waals surface area contributed by atoms with Crippen LogP contribution in [-0.4, -0.2) is 37.5 Å². The van der Waals surface area contributed by atoms with Crippen LogP contribution in [0.4, 0.5) is 17.1 Å². The van der Waals surface area contributed by atoms with E-state index >= 15 is 0 Å². The molecule has 0 saturated heterocycles. The lowest BCUT2D eigenvalue weighted by atomic mass is 9.82. The second-order valence-corrected chi connectivity index (χ2v) is 28.1. The molecular formula is C76H86N2O6S3. The molecule has 0 amide bonds. The van der Waals surface area contributed by atoms with Crippen LogP contribution in [0, 0.1) is 11.3 Å². The molecule has 0 atom stereocenters. The molecule has 11 rings (SSSR count). The Labute approximate surface area is 528 Å². The summed E-state index contributed by atoms with van der Waals surface area (Å²) >= 11 is 5.20. The number of nitriles is 1. The van der Waals surface area contributed by atoms with Crippen molar-refractivity contribution in [2.75, 3.05) is 31.3 Å². The first kappa shape index (κ1) is 61.8. The molecular weight excluding hydrogens is 1130 g/mol. The maximum absolute atomic E-state index is 12.2. The fourth-order valence-corrected chi connectivity index (χ4v) is 17.7. The van der Waals surface area contributed by atoms with Crippen molar-refractivity contribution in [1.82, 2.24) is 0 Å². The lowest BCUT2D eigenvalue weighted by Crippen LogP contribution is -2.18. The molecule has 0 radical (unpaired) electrons. The fraction of sp³-hybridized carbons (Fsp3) is 0.421. The number of rotatable bonds is 29. The first-order chi connectivity index (χ1) is 42.3. The number of benzene rings is 5. The van der Waals surface area contributed by atoms with Crippen molar-refractivity contribution in [1.29, 1.82) is 5.26 Å². The normalized spacial score (nSPS) is 14.2. The van der Waals surface area contributed by atoms with Crippen molar-refractivity contribution >= 4 is 72.5 Å². The van der Waals surface area contributed by atoms with E-state index in [1.54, 1.807) is 40.1 Å². The number of carboxylic acids is 1. The van der Waals surface area contributed by atoms with E-state index < -0.39 is 5.97 Å². The highest BCUT2D eigenvalue weighted by Gasteiger charge is 2.39. The molecule has 0 unspecified atom stereocenters. The topological polar surface area (TPSA) is 101 Å². The van der Waals surface area contributed by atoms with Gasteiger partial charge in [-0.05, 0) is 166 Å². The zero-order valence-corrected chi connectivity index (χ0v) is 54.9. The van der Waals surface area contributed by atoms with Crippen LogP contribution < -0.4 is 23.8 Å². The van der Waals surface area contributed by atoms with Gasteiger partial charge < -0.3 is 29.0 Å². The number of ether oxygens (including phenoxy) is 4. The SMILES string of the molecule is CCCCCCOc1ccc2c(c1)C(C)(C)c1cc(N(c3ccc(-c4sc(-c5sc6c(CCCCCC)c(/C=C(\C#N)C(=O)O)sc6c5CCCCCC)c5c4OCCO5)cc3)c3ccc4c(c3)C(C)(C)c3cc(OCCCCCC)ccc3-4)ccc1-2. The molecule has 2 aliphatic carbocycles. The number of carbonyl (C=O) groups is 1. The number of anilines is 3. The molecule has 4 heterocycles. The molecule has 11 heteroatoms. The van der Waals surface area contributed by atoms with Crippen LogP contribution in [0.5, 0.6) is 23.0 Å². The standard InChI is InChI=1S/C76H86N2O6S3/c1-9-13-17-21-25-60-66(43-50(48-77)74(79)80)85-71-61(26-22-18-14-10-2)72(87-70(60)71)73-68-67(83-41-42-84-68)69(86-73)49-27-29-51(30-28-49)78(52-31-35-56-58-37-33-54(81-39-23-19-15-11-3)46-64(58)75(5,6)62(56)44-52)53-32-36-57-59-38-34-55(82-40-24-20-16-12-4)47-65(59)76(7,8)63(57)45-53/h27-38,43-47H,9-26,39-42H2,1-8H3,(H,79,80)/b50-43+. The number of nitrogens with zero attached hydrogens (tertiary/aromatic N) is 2. The second-order valence-electron chi connectivity index (χ2n) is 25.0. The highest BCUT2D eigenvalue weighted by molar-refractivity contribution is 7.32. The Morgan fingerprint density at radius 3 is 1.48 bits per heavy atom. The Morgan fingerprint density at radius 2 is 0.989 bits per heavy atom. The first-order valence-electron chi connectivity index (χ1n) is 32.4. The summed E-state index contributed by atoms with van der Waals surface area (Å²) in [5.41, 5.74) is 16.2. The predicted molar refractivity (Wildman–Crippen MR) is 365 cm³/mol. The van der Waals surface area contributed by atoms with Crippen LogP contribution in [0.15, 0.2) is 103 Å². The Balaban J connectivity index is 0.989. The van der Waals surface area contributed by atoms with E-state index in [-0.39, 0.29) is 16.4 Å². The summed E-state index contributed by atoms with van der Waals surface area (Å²) in [6, 6.07) is 38.5. The van der Waals surface area contributed by atoms with Gasteiger partial charge in [-0.1, -0.05) is 169 Å². The molecule has 1 N–H and O–H groups in total. The molecule has 1 aliphatic heterocycles. The van der Waals surface area contributed by atoms with Crippen LogP contribution in [-0.2, 0) is 28.5 Å². The van der Waals surface area contributed by atoms with Crippen molar-refractivity contribution in [2.24, 2.45) is 0 Å². The summed E-state index contributed by atoms with van der Waals surface area (Å²) in [6.45, 7) is 20.8. The number of hydrogen-bond donors (Lipinski definition) is 1. The summed E-state index contributed by atoms with van der Waals surface area (Å²) < 4.78 is 28.5. The molecule has 0 bridgehead atoms. The van der Waals surface area contributed by atoms with E-state index in [4.69, 9.17) is 18.9 Å². The van der Waals surface area contributed by atoms with Gasteiger partial charge in [0.2, 0.25) is 0 Å². The first-order valence-corrected chi connectivity index (χ1v) is 34.9. The van der Waals surface area contributed by atoms with E-state index in [0.29, 0.717) is 13.2 Å². The number of thiophene rings is 3. The van der Waals surface area contributed by atoms with Crippen LogP contribution in [0.2, 0.25) is 0 Å². The van der Waals surface area contributed by atoms with Gasteiger partial charge in [0, 0.05) is 42.2 Å². The van der Waals surface area contributed by atoms with Gasteiger partial charge >= 0.3 is 5.97 Å². The van der Waals surface area contributed by atoms with Crippen molar-refractivity contribution in [3.8, 4) is 71.5 Å². The molecule has 5 aromatic carbocycles. The van der Waals surface area contributed by atoms with E-state index in [1.807, 2.05) is 6.07 Å². The summed E-state index contributed by atoms with van der Waals surface area (Å²) in [5, 5.41) is 19.9. The van der Waals surface area contributed by atoms with Crippen LogP contribution >= 0.6 is 34.0 Å². The average molecular weight is 1220 g/mol. The van der Waals surface area contributed by atoms with Gasteiger partial charge in [0.15, 0.2) is 11.5 Å². The van der Waals surface area contributed by atoms with Crippen molar-refractivity contribution in [2.45, 2.75) is 182 Å². The Morgan fingerprint density at radius 1 is 0.540 bits per heavy atom. The quantitative estimate of drug-likeness (QED) is 0.0281. The minimum Gasteiger partial charge on any atom is -0.494 e. The second kappa shape index (κ2) is 27.3. The smallest absolute Gasteiger partial charge is 0.346 e. The third kappa shape index (κ3) is 12.5. The van der Waals surface area contributed by atoms with Gasteiger partial charge in [0.05, 0.1) is 27.8 Å². The molecule has 0 fully saturated rings. The zero-order chi connectivity index (χ0) is 60.8. The van der Waals surface area contributed by atoms with Gasteiger partial charge in [0.1, 0.15) is 36.4 Å². The molecule has 454 valence electrons. The fourth-order valence-electron chi connectivity index (χ4n) is 13.3. The molecule has 3 aromatic heterocycles. The third-order valence-corrected chi connectivity index (χ3v) is 22.3. The monoisotopic (exact) mass is 1220 g/mol. The summed E-state index contributed by atoms with van der Waals surface area (Å²) in [5.74, 6) is 2.28. The molecule has 0 saturated carbocycles. The van der Waals surface area contributed by atoms with E-state index in [1.165, 1.54) is 109 Å². The van der Waals surface area contributed by atoms with Gasteiger partial charge in [-0.25, -0.2) is 4.79 Å². The molecule has 3 aliphatic rings. The van der Waals surface area contributed by atoms with Gasteiger partial charge in [-0.2, -0.15) is 5.26 Å². The number of aliphatic carboxylic acids is 1. The van der Waals surface area contributed by atoms with Crippen LogP contribution in [0.25, 0.3) is 57.9 Å². The molecule has 8 aromatic rings. The van der Waals surface area contributed by atoms with E-state index in [9.17, 15) is 15.2 Å². The van der Waals surface area contributed by atoms with E-state index in [0.717, 1.165) is 150 Å². The van der Waals surface area contributed by atoms with Crippen molar-refractivity contribution < 1.29 is 28.8 Å². The summed E-state index contributed by atoms with van der Waals surface area (Å²) in [6.07, 6.45) is 21.6. The number of aryl methyl sites for hydroxylation is 2. The number of unbranched alkanes of at least 4 members (excludes halogenated alkanes) is 12. The number of fused-ring (bicyclic) bond motifs is 8. The number of carboxylic acid groups (broad SMARTS) is 1. The lowest BCUT2D eigenvalue weighted by molar-refractivity contribution is -0.132. The predicted octanol–water partition coefficient (Wildman–Crippen LogP) is 22.4. The number of hydrogen-bond acceptors (Lipinski definition) is 10. The minimum absolute atomic E-state index is 0.231. The van der Waals surface area contributed by atoms with Crippen LogP contribution in [0.1, 0.15) is 196 Å². The van der Waals surface area contributed by atoms with Gasteiger partial charge in [0.25, 0.3) is 0 Å². The average Bonchev–Trinajstić information content (AvgIpc) is 1.69. The van der Waals surface area contributed by atoms with Crippen molar-refractivity contribution in [3.05, 3.63) is 141 Å². The Kier molecular flexibility index (Phi) is 19.4. The third-order valence-electron chi connectivity index (χ3n) is 18.2. The Hall–Kier alpha value is -6.84. The summed E-state index contributed by atoms with van der Waals surface area (Å²) in [4.78, 5) is 18.9. The molecule has 8 nitrogen and oxygen atoms in total. The van der Waals surface area contributed by atoms with E-state index in [2.05, 4.69) is 157 Å². The lowest BCUT2D eigenvalue weighted by Gasteiger charge is -2.30. The zero-order valence-electron chi connectivity index (χ0n) is 52.5. The Bertz CT molecular complexity index is 3720. The maximum Gasteiger partial charge on any atom is 0.346 e.